The summed E-state index contributed by atoms with van der Waals surface area (Å²) in [6.07, 6.45) is 1.67. The topological polar surface area (TPSA) is 66.6 Å². The fourth-order valence-electron chi connectivity index (χ4n) is 1.72. The fourth-order valence-corrected chi connectivity index (χ4v) is 1.72. The van der Waals surface area contributed by atoms with E-state index in [4.69, 9.17) is 19.9 Å². The van der Waals surface area contributed by atoms with Gasteiger partial charge in [-0.1, -0.05) is 6.07 Å². The number of hydrogen-bond acceptors (Lipinski definition) is 5. The Balaban J connectivity index is 1.88. The second-order valence-electron chi connectivity index (χ2n) is 3.79. The second-order valence-corrected chi connectivity index (χ2v) is 3.79. The van der Waals surface area contributed by atoms with Crippen LogP contribution in [0, 0.1) is 0 Å². The van der Waals surface area contributed by atoms with Crippen LogP contribution < -0.4 is 19.9 Å². The van der Waals surface area contributed by atoms with E-state index in [0.717, 1.165) is 11.3 Å². The molecule has 0 aliphatic carbocycles. The fraction of sp³-hybridized carbons (Fsp3) is 0.154. The number of benzene rings is 1. The largest absolute Gasteiger partial charge is 0.454 e. The molecule has 0 unspecified atom stereocenters. The summed E-state index contributed by atoms with van der Waals surface area (Å²) in [4.78, 5) is 4.16. The minimum absolute atomic E-state index is 0.246. The number of fused-ring (bicyclic) bond motifs is 1. The second kappa shape index (κ2) is 4.54. The van der Waals surface area contributed by atoms with Crippen LogP contribution in [-0.4, -0.2) is 11.8 Å². The molecular formula is C13H12N2O3. The molecule has 5 heteroatoms. The molecule has 0 bridgehead atoms. The number of ether oxygens (including phenoxy) is 3. The van der Waals surface area contributed by atoms with Gasteiger partial charge in [0.1, 0.15) is 5.75 Å². The first kappa shape index (κ1) is 10.9. The molecule has 0 fully saturated rings. The van der Waals surface area contributed by atoms with Crippen LogP contribution >= 0.6 is 0 Å². The van der Waals surface area contributed by atoms with Crippen molar-refractivity contribution < 1.29 is 14.2 Å². The van der Waals surface area contributed by atoms with E-state index >= 15 is 0 Å². The van der Waals surface area contributed by atoms with E-state index in [9.17, 15) is 0 Å². The van der Waals surface area contributed by atoms with Crippen LogP contribution in [-0.2, 0) is 6.54 Å². The molecule has 0 saturated carbocycles. The minimum Gasteiger partial charge on any atom is -0.454 e. The van der Waals surface area contributed by atoms with Crippen molar-refractivity contribution in [1.82, 2.24) is 4.98 Å². The van der Waals surface area contributed by atoms with E-state index in [1.165, 1.54) is 0 Å². The van der Waals surface area contributed by atoms with E-state index in [1.807, 2.05) is 24.3 Å². The molecule has 1 aliphatic heterocycles. The highest BCUT2D eigenvalue weighted by Crippen LogP contribution is 2.36. The van der Waals surface area contributed by atoms with Crippen LogP contribution in [0.1, 0.15) is 5.56 Å². The van der Waals surface area contributed by atoms with Crippen LogP contribution in [0.15, 0.2) is 36.5 Å². The molecule has 0 radical (unpaired) electrons. The van der Waals surface area contributed by atoms with Crippen molar-refractivity contribution in [1.29, 1.82) is 0 Å². The average Bonchev–Trinajstić information content (AvgIpc) is 2.87. The molecule has 0 spiro atoms. The molecular weight excluding hydrogens is 232 g/mol. The minimum atomic E-state index is 0.246. The number of nitrogens with two attached hydrogens (primary N) is 1. The Labute approximate surface area is 104 Å². The van der Waals surface area contributed by atoms with Crippen LogP contribution in [0.5, 0.6) is 23.1 Å². The maximum absolute atomic E-state index is 5.70. The lowest BCUT2D eigenvalue weighted by molar-refractivity contribution is 0.174. The Morgan fingerprint density at radius 2 is 2.11 bits per heavy atom. The van der Waals surface area contributed by atoms with E-state index in [-0.39, 0.29) is 6.79 Å². The maximum atomic E-state index is 5.70. The van der Waals surface area contributed by atoms with Gasteiger partial charge in [-0.05, 0) is 18.2 Å². The molecule has 92 valence electrons. The highest BCUT2D eigenvalue weighted by atomic mass is 16.7. The Morgan fingerprint density at radius 3 is 3.00 bits per heavy atom. The predicted octanol–water partition coefficient (Wildman–Crippen LogP) is 2.06. The molecule has 0 atom stereocenters. The summed E-state index contributed by atoms with van der Waals surface area (Å²) in [6.45, 7) is 0.629. The van der Waals surface area contributed by atoms with Crippen LogP contribution in [0.3, 0.4) is 0 Å². The summed E-state index contributed by atoms with van der Waals surface area (Å²) in [5.41, 5.74) is 6.49. The monoisotopic (exact) mass is 244 g/mol. The van der Waals surface area contributed by atoms with Crippen molar-refractivity contribution in [3.05, 3.63) is 42.1 Å². The molecule has 2 heterocycles. The van der Waals surface area contributed by atoms with Gasteiger partial charge in [-0.3, -0.25) is 0 Å². The van der Waals surface area contributed by atoms with Gasteiger partial charge in [0, 0.05) is 24.4 Å². The van der Waals surface area contributed by atoms with Gasteiger partial charge in [0.25, 0.3) is 0 Å². The number of rotatable bonds is 3. The van der Waals surface area contributed by atoms with Crippen LogP contribution in [0.2, 0.25) is 0 Å². The van der Waals surface area contributed by atoms with Gasteiger partial charge >= 0.3 is 0 Å². The quantitative estimate of drug-likeness (QED) is 0.895. The first-order chi connectivity index (χ1) is 8.86. The number of hydrogen-bond donors (Lipinski definition) is 1. The molecule has 3 rings (SSSR count). The van der Waals surface area contributed by atoms with Gasteiger partial charge in [-0.25, -0.2) is 4.98 Å². The van der Waals surface area contributed by atoms with Crippen LogP contribution in [0.25, 0.3) is 0 Å². The van der Waals surface area contributed by atoms with Gasteiger partial charge in [-0.15, -0.1) is 0 Å². The first-order valence-corrected chi connectivity index (χ1v) is 5.58. The molecule has 1 aromatic carbocycles. The Hall–Kier alpha value is -2.27. The van der Waals surface area contributed by atoms with Crippen molar-refractivity contribution in [3.8, 4) is 23.1 Å². The SMILES string of the molecule is NCc1cccnc1Oc1ccc2c(c1)OCO2. The lowest BCUT2D eigenvalue weighted by atomic mass is 10.2. The van der Waals surface area contributed by atoms with Crippen LogP contribution in [0.4, 0.5) is 0 Å². The van der Waals surface area contributed by atoms with Gasteiger partial charge in [-0.2, -0.15) is 0 Å². The number of nitrogens with zero attached hydrogens (tertiary/aromatic N) is 1. The smallest absolute Gasteiger partial charge is 0.231 e. The van der Waals surface area contributed by atoms with E-state index in [2.05, 4.69) is 4.98 Å². The first-order valence-electron chi connectivity index (χ1n) is 5.58. The number of pyridine rings is 1. The van der Waals surface area contributed by atoms with E-state index < -0.39 is 0 Å². The third kappa shape index (κ3) is 1.96. The van der Waals surface area contributed by atoms with E-state index in [1.54, 1.807) is 12.3 Å². The Kier molecular flexibility index (Phi) is 2.74. The van der Waals surface area contributed by atoms with Gasteiger partial charge in [0.15, 0.2) is 11.5 Å². The summed E-state index contributed by atoms with van der Waals surface area (Å²) in [7, 11) is 0. The molecule has 2 aromatic rings. The summed E-state index contributed by atoms with van der Waals surface area (Å²) < 4.78 is 16.2. The van der Waals surface area contributed by atoms with Gasteiger partial charge in [0.05, 0.1) is 0 Å². The van der Waals surface area contributed by atoms with Crippen molar-refractivity contribution in [3.63, 3.8) is 0 Å². The normalized spacial score (nSPS) is 12.5. The lowest BCUT2D eigenvalue weighted by Crippen LogP contribution is -2.00. The summed E-state index contributed by atoms with van der Waals surface area (Å²) >= 11 is 0. The maximum Gasteiger partial charge on any atom is 0.231 e. The van der Waals surface area contributed by atoms with Gasteiger partial charge < -0.3 is 19.9 Å². The molecule has 5 nitrogen and oxygen atoms in total. The van der Waals surface area contributed by atoms with Crippen molar-refractivity contribution >= 4 is 0 Å². The predicted molar refractivity (Wildman–Crippen MR) is 64.8 cm³/mol. The zero-order valence-corrected chi connectivity index (χ0v) is 9.63. The third-order valence-electron chi connectivity index (χ3n) is 2.63. The summed E-state index contributed by atoms with van der Waals surface area (Å²) in [6, 6.07) is 9.10. The molecule has 0 saturated heterocycles. The van der Waals surface area contributed by atoms with Gasteiger partial charge in [0.2, 0.25) is 12.7 Å². The highest BCUT2D eigenvalue weighted by Gasteiger charge is 2.14. The summed E-state index contributed by atoms with van der Waals surface area (Å²) in [5.74, 6) is 2.56. The highest BCUT2D eigenvalue weighted by molar-refractivity contribution is 5.48. The Bertz CT molecular complexity index is 572. The molecule has 2 N–H and O–H groups in total. The standard InChI is InChI=1S/C13H12N2O3/c14-7-9-2-1-5-15-13(9)18-10-3-4-11-12(6-10)17-8-16-11/h1-6H,7-8,14H2. The Morgan fingerprint density at radius 1 is 1.22 bits per heavy atom. The summed E-state index contributed by atoms with van der Waals surface area (Å²) in [5, 5.41) is 0. The number of aromatic nitrogens is 1. The van der Waals surface area contributed by atoms with E-state index in [0.29, 0.717) is 23.9 Å². The van der Waals surface area contributed by atoms with Crippen molar-refractivity contribution in [2.24, 2.45) is 5.73 Å². The molecule has 18 heavy (non-hydrogen) atoms. The molecule has 1 aliphatic rings. The zero-order valence-electron chi connectivity index (χ0n) is 9.63. The van der Waals surface area contributed by atoms with Crippen molar-refractivity contribution in [2.45, 2.75) is 6.54 Å². The molecule has 0 amide bonds. The molecule has 1 aromatic heterocycles. The zero-order chi connectivity index (χ0) is 12.4. The lowest BCUT2D eigenvalue weighted by Gasteiger charge is -2.08. The third-order valence-corrected chi connectivity index (χ3v) is 2.63. The van der Waals surface area contributed by atoms with Crippen molar-refractivity contribution in [2.75, 3.05) is 6.79 Å². The average molecular weight is 244 g/mol.